The Morgan fingerprint density at radius 2 is 2.06 bits per heavy atom. The summed E-state index contributed by atoms with van der Waals surface area (Å²) >= 11 is 6.25. The average Bonchev–Trinajstić information content (AvgIpc) is 3.07. The van der Waals surface area contributed by atoms with E-state index in [9.17, 15) is 5.11 Å². The minimum atomic E-state index is -0.879. The van der Waals surface area contributed by atoms with Crippen LogP contribution in [0.2, 0.25) is 5.02 Å². The van der Waals surface area contributed by atoms with Gasteiger partial charge in [0.15, 0.2) is 11.5 Å². The van der Waals surface area contributed by atoms with Gasteiger partial charge in [-0.15, -0.1) is 0 Å². The summed E-state index contributed by atoms with van der Waals surface area (Å²) in [7, 11) is 1.54. The molecule has 3 rings (SSSR count). The second-order valence-corrected chi connectivity index (χ2v) is 4.70. The van der Waals surface area contributed by atoms with E-state index in [0.29, 0.717) is 53.9 Å². The van der Waals surface area contributed by atoms with Crippen molar-refractivity contribution >= 4 is 11.6 Å². The summed E-state index contributed by atoms with van der Waals surface area (Å²) in [5, 5.41) is 10.7. The monoisotopic (exact) mass is 256 g/mol. The second kappa shape index (κ2) is 3.68. The molecule has 1 fully saturated rings. The fourth-order valence-corrected chi connectivity index (χ4v) is 2.47. The highest BCUT2D eigenvalue weighted by molar-refractivity contribution is 6.33. The topological polar surface area (TPSA) is 47.9 Å². The number of rotatable bonds is 2. The zero-order chi connectivity index (χ0) is 12.0. The van der Waals surface area contributed by atoms with Gasteiger partial charge in [-0.25, -0.2) is 0 Å². The number of ether oxygens (including phenoxy) is 3. The number of hydrogen-bond acceptors (Lipinski definition) is 4. The largest absolute Gasteiger partial charge is 0.495 e. The van der Waals surface area contributed by atoms with E-state index in [1.54, 1.807) is 6.07 Å². The Kier molecular flexibility index (Phi) is 2.38. The van der Waals surface area contributed by atoms with Crippen molar-refractivity contribution in [3.8, 4) is 17.2 Å². The van der Waals surface area contributed by atoms with Gasteiger partial charge in [-0.2, -0.15) is 0 Å². The Bertz CT molecular complexity index is 468. The Labute approximate surface area is 104 Å². The summed E-state index contributed by atoms with van der Waals surface area (Å²) in [5.74, 6) is 1.65. The number of hydrogen-bond donors (Lipinski definition) is 1. The lowest BCUT2D eigenvalue weighted by Gasteiger charge is -2.25. The van der Waals surface area contributed by atoms with E-state index in [1.165, 1.54) is 7.11 Å². The summed E-state index contributed by atoms with van der Waals surface area (Å²) in [6.07, 6.45) is 1.38. The minimum Gasteiger partial charge on any atom is -0.495 e. The molecular formula is C12H13ClO4. The molecule has 0 amide bonds. The summed E-state index contributed by atoms with van der Waals surface area (Å²) in [6.45, 7) is 0.967. The van der Waals surface area contributed by atoms with Crippen molar-refractivity contribution in [1.29, 1.82) is 0 Å². The van der Waals surface area contributed by atoms with E-state index in [4.69, 9.17) is 25.8 Å². The Morgan fingerprint density at radius 3 is 2.71 bits per heavy atom. The van der Waals surface area contributed by atoms with E-state index < -0.39 is 5.60 Å². The predicted molar refractivity (Wildman–Crippen MR) is 62.1 cm³/mol. The Balaban J connectivity index is 2.22. The van der Waals surface area contributed by atoms with Gasteiger partial charge in [0.25, 0.3) is 0 Å². The third kappa shape index (κ3) is 1.63. The van der Waals surface area contributed by atoms with Gasteiger partial charge in [-0.3, -0.25) is 0 Å². The smallest absolute Gasteiger partial charge is 0.169 e. The first-order valence-corrected chi connectivity index (χ1v) is 5.92. The molecule has 1 aliphatic heterocycles. The van der Waals surface area contributed by atoms with E-state index in [-0.39, 0.29) is 0 Å². The third-order valence-electron chi connectivity index (χ3n) is 3.15. The van der Waals surface area contributed by atoms with Gasteiger partial charge >= 0.3 is 0 Å². The number of halogens is 1. The molecule has 0 aromatic heterocycles. The first-order valence-electron chi connectivity index (χ1n) is 5.55. The van der Waals surface area contributed by atoms with Crippen molar-refractivity contribution in [2.75, 3.05) is 20.3 Å². The second-order valence-electron chi connectivity index (χ2n) is 4.32. The van der Waals surface area contributed by atoms with Crippen LogP contribution in [-0.2, 0) is 5.60 Å². The van der Waals surface area contributed by atoms with E-state index in [1.807, 2.05) is 0 Å². The van der Waals surface area contributed by atoms with Crippen LogP contribution in [0.15, 0.2) is 6.07 Å². The van der Waals surface area contributed by atoms with Crippen LogP contribution < -0.4 is 14.2 Å². The fraction of sp³-hybridized carbons (Fsp3) is 0.500. The van der Waals surface area contributed by atoms with Crippen LogP contribution in [0.4, 0.5) is 0 Å². The van der Waals surface area contributed by atoms with Gasteiger partial charge in [0.2, 0.25) is 0 Å². The molecule has 0 saturated heterocycles. The van der Waals surface area contributed by atoms with Gasteiger partial charge in [0.05, 0.1) is 23.3 Å². The molecule has 0 atom stereocenters. The van der Waals surface area contributed by atoms with Crippen LogP contribution in [0, 0.1) is 0 Å². The first-order chi connectivity index (χ1) is 8.15. The number of fused-ring (bicyclic) bond motifs is 1. The van der Waals surface area contributed by atoms with Crippen LogP contribution in [0.3, 0.4) is 0 Å². The Morgan fingerprint density at radius 1 is 1.35 bits per heavy atom. The molecular weight excluding hydrogens is 244 g/mol. The van der Waals surface area contributed by atoms with Gasteiger partial charge in [0.1, 0.15) is 19.0 Å². The molecule has 17 heavy (non-hydrogen) atoms. The predicted octanol–water partition coefficient (Wildman–Crippen LogP) is 2.10. The third-order valence-corrected chi connectivity index (χ3v) is 3.52. The van der Waals surface area contributed by atoms with Crippen LogP contribution >= 0.6 is 11.6 Å². The van der Waals surface area contributed by atoms with Crippen LogP contribution in [-0.4, -0.2) is 25.4 Å². The molecule has 4 nitrogen and oxygen atoms in total. The van der Waals surface area contributed by atoms with Crippen molar-refractivity contribution in [1.82, 2.24) is 0 Å². The molecule has 1 aromatic rings. The standard InChI is InChI=1S/C12H13ClO4/c1-15-7-6-8-11(17-5-4-16-8)9(10(7)13)12(14)2-3-12/h6,14H,2-5H2,1H3. The normalized spacial score (nSPS) is 19.9. The van der Waals surface area contributed by atoms with E-state index in [2.05, 4.69) is 0 Å². The van der Waals surface area contributed by atoms with Crippen molar-refractivity contribution in [3.05, 3.63) is 16.7 Å². The highest BCUT2D eigenvalue weighted by Crippen LogP contribution is 2.56. The van der Waals surface area contributed by atoms with Gasteiger partial charge in [-0.1, -0.05) is 11.6 Å². The Hall–Kier alpha value is -1.13. The minimum absolute atomic E-state index is 0.414. The maximum atomic E-state index is 10.3. The quantitative estimate of drug-likeness (QED) is 0.880. The molecule has 1 N–H and O–H groups in total. The number of benzene rings is 1. The highest BCUT2D eigenvalue weighted by atomic mass is 35.5. The zero-order valence-electron chi connectivity index (χ0n) is 9.46. The first kappa shape index (κ1) is 11.0. The zero-order valence-corrected chi connectivity index (χ0v) is 10.2. The van der Waals surface area contributed by atoms with Crippen molar-refractivity contribution in [2.24, 2.45) is 0 Å². The summed E-state index contributed by atoms with van der Waals surface area (Å²) in [5.41, 5.74) is -0.274. The molecule has 0 bridgehead atoms. The van der Waals surface area contributed by atoms with E-state index in [0.717, 1.165) is 0 Å². The summed E-state index contributed by atoms with van der Waals surface area (Å²) in [6, 6.07) is 1.70. The molecule has 0 radical (unpaired) electrons. The SMILES string of the molecule is COc1cc2c(c(C3(O)CC3)c1Cl)OCCO2. The lowest BCUT2D eigenvalue weighted by atomic mass is 10.0. The fourth-order valence-electron chi connectivity index (χ4n) is 2.07. The van der Waals surface area contributed by atoms with E-state index >= 15 is 0 Å². The summed E-state index contributed by atoms with van der Waals surface area (Å²) < 4.78 is 16.3. The molecule has 1 aromatic carbocycles. The maximum Gasteiger partial charge on any atom is 0.169 e. The molecule has 5 heteroatoms. The molecule has 0 spiro atoms. The van der Waals surface area contributed by atoms with Crippen molar-refractivity contribution in [2.45, 2.75) is 18.4 Å². The molecule has 1 heterocycles. The number of aliphatic hydroxyl groups is 1. The van der Waals surface area contributed by atoms with Gasteiger partial charge < -0.3 is 19.3 Å². The van der Waals surface area contributed by atoms with Crippen molar-refractivity contribution < 1.29 is 19.3 Å². The molecule has 92 valence electrons. The molecule has 2 aliphatic rings. The molecule has 1 aliphatic carbocycles. The lowest BCUT2D eigenvalue weighted by Crippen LogP contribution is -2.19. The van der Waals surface area contributed by atoms with Crippen molar-refractivity contribution in [3.63, 3.8) is 0 Å². The number of methoxy groups -OCH3 is 1. The van der Waals surface area contributed by atoms with Crippen LogP contribution in [0.25, 0.3) is 0 Å². The van der Waals surface area contributed by atoms with Crippen LogP contribution in [0.1, 0.15) is 18.4 Å². The lowest BCUT2D eigenvalue weighted by molar-refractivity contribution is 0.129. The molecule has 0 unspecified atom stereocenters. The average molecular weight is 257 g/mol. The highest BCUT2D eigenvalue weighted by Gasteiger charge is 2.48. The van der Waals surface area contributed by atoms with Crippen LogP contribution in [0.5, 0.6) is 17.2 Å². The molecule has 1 saturated carbocycles. The van der Waals surface area contributed by atoms with Gasteiger partial charge in [-0.05, 0) is 12.8 Å². The summed E-state index contributed by atoms with van der Waals surface area (Å²) in [4.78, 5) is 0. The maximum absolute atomic E-state index is 10.3. The van der Waals surface area contributed by atoms with Gasteiger partial charge in [0, 0.05) is 6.07 Å².